The third-order valence-corrected chi connectivity index (χ3v) is 7.94. The molecule has 2 rings (SSSR count). The summed E-state index contributed by atoms with van der Waals surface area (Å²) in [5.41, 5.74) is 0. The Bertz CT molecular complexity index is 747. The number of hydrogen-bond acceptors (Lipinski definition) is 4. The molecule has 1 aliphatic rings. The smallest absolute Gasteiger partial charge is 0.229 e. The predicted molar refractivity (Wildman–Crippen MR) is 83.1 cm³/mol. The lowest BCUT2D eigenvalue weighted by Crippen LogP contribution is -2.40. The van der Waals surface area contributed by atoms with Crippen LogP contribution < -0.4 is 0 Å². The second-order valence-electron chi connectivity index (χ2n) is 4.84. The summed E-state index contributed by atoms with van der Waals surface area (Å²) in [5.74, 6) is -0.119. The lowest BCUT2D eigenvalue weighted by Gasteiger charge is -2.26. The van der Waals surface area contributed by atoms with Gasteiger partial charge in [-0.2, -0.15) is 4.31 Å². The summed E-state index contributed by atoms with van der Waals surface area (Å²) >= 11 is 11.7. The molecule has 0 aromatic heterocycles. The zero-order chi connectivity index (χ0) is 15.8. The van der Waals surface area contributed by atoms with Crippen molar-refractivity contribution in [3.8, 4) is 0 Å². The second kappa shape index (κ2) is 6.04. The van der Waals surface area contributed by atoms with Gasteiger partial charge in [0.25, 0.3) is 0 Å². The lowest BCUT2D eigenvalue weighted by atomic mass is 10.3. The maximum absolute atomic E-state index is 12.7. The summed E-state index contributed by atoms with van der Waals surface area (Å²) in [5, 5.41) is 0.412. The molecule has 0 bridgehead atoms. The highest BCUT2D eigenvalue weighted by Gasteiger charge is 2.37. The fourth-order valence-corrected chi connectivity index (χ4v) is 6.28. The molecule has 5 nitrogen and oxygen atoms in total. The highest BCUT2D eigenvalue weighted by molar-refractivity contribution is 7.92. The molecule has 1 aliphatic heterocycles. The molecule has 1 fully saturated rings. The van der Waals surface area contributed by atoms with E-state index in [4.69, 9.17) is 23.2 Å². The number of rotatable bonds is 4. The fraction of sp³-hybridized carbons (Fsp3) is 0.500. The zero-order valence-corrected chi connectivity index (χ0v) is 14.4. The highest BCUT2D eigenvalue weighted by Crippen LogP contribution is 2.29. The summed E-state index contributed by atoms with van der Waals surface area (Å²) in [7, 11) is -6.96. The first-order valence-electron chi connectivity index (χ1n) is 6.34. The predicted octanol–water partition coefficient (Wildman–Crippen LogP) is 2.19. The Morgan fingerprint density at radius 1 is 1.29 bits per heavy atom. The molecule has 0 spiro atoms. The van der Waals surface area contributed by atoms with E-state index >= 15 is 0 Å². The summed E-state index contributed by atoms with van der Waals surface area (Å²) in [6, 6.07) is 3.54. The van der Waals surface area contributed by atoms with Crippen LogP contribution >= 0.6 is 23.2 Å². The Morgan fingerprint density at radius 3 is 2.43 bits per heavy atom. The highest BCUT2D eigenvalue weighted by atomic mass is 35.5. The molecule has 1 heterocycles. The fourth-order valence-electron chi connectivity index (χ4n) is 2.40. The van der Waals surface area contributed by atoms with Crippen molar-refractivity contribution in [2.75, 3.05) is 18.1 Å². The van der Waals surface area contributed by atoms with Crippen molar-refractivity contribution in [3.63, 3.8) is 0 Å². The van der Waals surface area contributed by atoms with Crippen molar-refractivity contribution in [2.45, 2.75) is 24.3 Å². The molecule has 1 aromatic carbocycles. The minimum absolute atomic E-state index is 0.0167. The molecule has 0 unspecified atom stereocenters. The van der Waals surface area contributed by atoms with Gasteiger partial charge in [-0.25, -0.2) is 16.8 Å². The van der Waals surface area contributed by atoms with Crippen molar-refractivity contribution >= 4 is 43.1 Å². The van der Waals surface area contributed by atoms with Gasteiger partial charge in [-0.3, -0.25) is 0 Å². The summed E-state index contributed by atoms with van der Waals surface area (Å²) in [6.45, 7) is 1.88. The largest absolute Gasteiger partial charge is 0.243 e. The quantitative estimate of drug-likeness (QED) is 0.812. The van der Waals surface area contributed by atoms with Crippen LogP contribution in [0.2, 0.25) is 10.0 Å². The first kappa shape index (κ1) is 17.0. The molecule has 0 amide bonds. The molecule has 1 atom stereocenters. The van der Waals surface area contributed by atoms with E-state index in [1.54, 1.807) is 6.92 Å². The monoisotopic (exact) mass is 371 g/mol. The normalized spacial score (nSPS) is 21.8. The minimum Gasteiger partial charge on any atom is -0.229 e. The van der Waals surface area contributed by atoms with Crippen LogP contribution in [0.4, 0.5) is 0 Å². The maximum atomic E-state index is 12.7. The van der Waals surface area contributed by atoms with Gasteiger partial charge >= 0.3 is 0 Å². The van der Waals surface area contributed by atoms with Gasteiger partial charge in [0.05, 0.1) is 26.4 Å². The van der Waals surface area contributed by atoms with Crippen LogP contribution in [0.3, 0.4) is 0 Å². The van der Waals surface area contributed by atoms with E-state index in [0.717, 1.165) is 0 Å². The molecule has 21 heavy (non-hydrogen) atoms. The van der Waals surface area contributed by atoms with E-state index < -0.39 is 25.9 Å². The van der Waals surface area contributed by atoms with Crippen LogP contribution in [0.25, 0.3) is 0 Å². The molecule has 0 saturated carbocycles. The molecule has 9 heteroatoms. The van der Waals surface area contributed by atoms with Gasteiger partial charge < -0.3 is 0 Å². The average molecular weight is 372 g/mol. The van der Waals surface area contributed by atoms with Gasteiger partial charge in [0.15, 0.2) is 9.84 Å². The van der Waals surface area contributed by atoms with Crippen molar-refractivity contribution in [2.24, 2.45) is 0 Å². The minimum atomic E-state index is -3.80. The number of nitrogens with zero attached hydrogens (tertiary/aromatic N) is 1. The Morgan fingerprint density at radius 2 is 1.95 bits per heavy atom. The number of sulfonamides is 1. The molecule has 0 radical (unpaired) electrons. The molecule has 1 aromatic rings. The Hall–Kier alpha value is -0.340. The SMILES string of the molecule is CCN([C@@H]1CCS(=O)(=O)C1)S(=O)(=O)c1ccc(Cl)c(Cl)c1. The van der Waals surface area contributed by atoms with E-state index in [1.807, 2.05) is 0 Å². The van der Waals surface area contributed by atoms with E-state index in [0.29, 0.717) is 6.42 Å². The molecule has 0 aliphatic carbocycles. The van der Waals surface area contributed by atoms with E-state index in [9.17, 15) is 16.8 Å². The van der Waals surface area contributed by atoms with Crippen molar-refractivity contribution in [1.29, 1.82) is 0 Å². The molecule has 118 valence electrons. The van der Waals surface area contributed by atoms with Crippen molar-refractivity contribution < 1.29 is 16.8 Å². The molecule has 1 saturated heterocycles. The van der Waals surface area contributed by atoms with Gasteiger partial charge in [-0.05, 0) is 24.6 Å². The molecular weight excluding hydrogens is 357 g/mol. The van der Waals surface area contributed by atoms with E-state index in [-0.39, 0.29) is 33.0 Å². The lowest BCUT2D eigenvalue weighted by molar-refractivity contribution is 0.354. The van der Waals surface area contributed by atoms with Crippen LogP contribution in [-0.4, -0.2) is 45.2 Å². The third-order valence-electron chi connectivity index (χ3n) is 3.42. The van der Waals surface area contributed by atoms with Gasteiger partial charge in [0, 0.05) is 12.6 Å². The molecular formula is C12H15Cl2NO4S2. The Balaban J connectivity index is 2.38. The van der Waals surface area contributed by atoms with Crippen LogP contribution in [-0.2, 0) is 19.9 Å². The summed E-state index contributed by atoms with van der Waals surface area (Å²) in [4.78, 5) is 0.0167. The second-order valence-corrected chi connectivity index (χ2v) is 9.77. The maximum Gasteiger partial charge on any atom is 0.243 e. The van der Waals surface area contributed by atoms with Crippen LogP contribution in [0.5, 0.6) is 0 Å². The average Bonchev–Trinajstić information content (AvgIpc) is 2.73. The number of halogens is 2. The number of benzene rings is 1. The van der Waals surface area contributed by atoms with Crippen LogP contribution in [0, 0.1) is 0 Å². The van der Waals surface area contributed by atoms with E-state index in [2.05, 4.69) is 0 Å². The topological polar surface area (TPSA) is 71.5 Å². The van der Waals surface area contributed by atoms with Crippen LogP contribution in [0.15, 0.2) is 23.1 Å². The standard InChI is InChI=1S/C12H15Cl2NO4S2/c1-2-15(9-5-6-20(16,17)8-9)21(18,19)10-3-4-11(13)12(14)7-10/h3-4,7,9H,2,5-6,8H2,1H3/t9-/m1/s1. The molecule has 0 N–H and O–H groups in total. The zero-order valence-electron chi connectivity index (χ0n) is 11.3. The van der Waals surface area contributed by atoms with Gasteiger partial charge in [0.1, 0.15) is 0 Å². The van der Waals surface area contributed by atoms with Gasteiger partial charge in [-0.1, -0.05) is 30.1 Å². The summed E-state index contributed by atoms with van der Waals surface area (Å²) < 4.78 is 49.7. The number of sulfone groups is 1. The van der Waals surface area contributed by atoms with Crippen molar-refractivity contribution in [1.82, 2.24) is 4.31 Å². The number of hydrogen-bond donors (Lipinski definition) is 0. The Kier molecular flexibility index (Phi) is 4.90. The Labute approximate surface area is 134 Å². The summed E-state index contributed by atoms with van der Waals surface area (Å²) in [6.07, 6.45) is 0.316. The first-order valence-corrected chi connectivity index (χ1v) is 10.4. The van der Waals surface area contributed by atoms with Gasteiger partial charge in [0.2, 0.25) is 10.0 Å². The third kappa shape index (κ3) is 3.53. The van der Waals surface area contributed by atoms with Gasteiger partial charge in [-0.15, -0.1) is 0 Å². The van der Waals surface area contributed by atoms with E-state index in [1.165, 1.54) is 22.5 Å². The first-order chi connectivity index (χ1) is 9.67. The van der Waals surface area contributed by atoms with Crippen molar-refractivity contribution in [3.05, 3.63) is 28.2 Å². The van der Waals surface area contributed by atoms with Crippen LogP contribution in [0.1, 0.15) is 13.3 Å².